The molecule has 1 heteroatoms. The van der Waals surface area contributed by atoms with Gasteiger partial charge in [-0.25, -0.2) is 0 Å². The lowest BCUT2D eigenvalue weighted by molar-refractivity contribution is -0.0409. The van der Waals surface area contributed by atoms with Crippen LogP contribution in [0.25, 0.3) is 0 Å². The van der Waals surface area contributed by atoms with Gasteiger partial charge < -0.3 is 4.74 Å². The Kier molecular flexibility index (Phi) is 3.34. The van der Waals surface area contributed by atoms with Gasteiger partial charge in [0.05, 0.1) is 6.10 Å². The quantitative estimate of drug-likeness (QED) is 0.734. The molecule has 0 N–H and O–H groups in total. The molecule has 0 saturated carbocycles. The van der Waals surface area contributed by atoms with Crippen molar-refractivity contribution in [1.82, 2.24) is 0 Å². The maximum absolute atomic E-state index is 5.86. The van der Waals surface area contributed by atoms with Crippen molar-refractivity contribution in [2.75, 3.05) is 6.61 Å². The third-order valence-corrected chi connectivity index (χ3v) is 3.85. The van der Waals surface area contributed by atoms with Gasteiger partial charge in [0.2, 0.25) is 0 Å². The number of hydrogen-bond acceptors (Lipinski definition) is 1. The highest BCUT2D eigenvalue weighted by molar-refractivity contribution is 5.25. The standard InChI is InChI=1S/C15H22O/c1-12(2)14-11-15(3,9-10-16-14)13-7-5-4-6-8-13/h4-8,12,14H,9-11H2,1-3H3. The molecule has 2 atom stereocenters. The normalized spacial score (nSPS) is 30.6. The average molecular weight is 218 g/mol. The van der Waals surface area contributed by atoms with Crippen LogP contribution in [0.3, 0.4) is 0 Å². The average Bonchev–Trinajstić information content (AvgIpc) is 2.30. The third kappa shape index (κ3) is 2.30. The minimum absolute atomic E-state index is 0.300. The Morgan fingerprint density at radius 1 is 1.25 bits per heavy atom. The maximum Gasteiger partial charge on any atom is 0.0606 e. The first-order valence-electron chi connectivity index (χ1n) is 6.29. The fourth-order valence-corrected chi connectivity index (χ4v) is 2.57. The summed E-state index contributed by atoms with van der Waals surface area (Å²) in [6.45, 7) is 7.78. The van der Waals surface area contributed by atoms with E-state index in [2.05, 4.69) is 51.1 Å². The molecule has 1 aromatic rings. The summed E-state index contributed by atoms with van der Waals surface area (Å²) < 4.78 is 5.86. The Morgan fingerprint density at radius 3 is 2.56 bits per heavy atom. The molecular formula is C15H22O. The van der Waals surface area contributed by atoms with Gasteiger partial charge in [0.1, 0.15) is 0 Å². The van der Waals surface area contributed by atoms with E-state index >= 15 is 0 Å². The van der Waals surface area contributed by atoms with Crippen molar-refractivity contribution in [2.45, 2.75) is 45.1 Å². The molecule has 1 aliphatic rings. The lowest BCUT2D eigenvalue weighted by Crippen LogP contribution is -2.38. The zero-order valence-corrected chi connectivity index (χ0v) is 10.6. The second-order valence-corrected chi connectivity index (χ2v) is 5.53. The van der Waals surface area contributed by atoms with Gasteiger partial charge in [-0.05, 0) is 29.7 Å². The molecule has 0 radical (unpaired) electrons. The third-order valence-electron chi connectivity index (χ3n) is 3.85. The zero-order chi connectivity index (χ0) is 11.6. The van der Waals surface area contributed by atoms with Gasteiger partial charge in [0, 0.05) is 6.61 Å². The molecule has 2 unspecified atom stereocenters. The zero-order valence-electron chi connectivity index (χ0n) is 10.6. The van der Waals surface area contributed by atoms with E-state index in [0.29, 0.717) is 17.4 Å². The van der Waals surface area contributed by atoms with Crippen LogP contribution in [-0.4, -0.2) is 12.7 Å². The van der Waals surface area contributed by atoms with Gasteiger partial charge in [-0.1, -0.05) is 51.1 Å². The van der Waals surface area contributed by atoms with Crippen molar-refractivity contribution < 1.29 is 4.74 Å². The molecule has 1 aliphatic heterocycles. The van der Waals surface area contributed by atoms with Crippen LogP contribution in [-0.2, 0) is 10.2 Å². The second kappa shape index (κ2) is 4.58. The molecule has 0 amide bonds. The van der Waals surface area contributed by atoms with E-state index in [4.69, 9.17) is 4.74 Å². The minimum Gasteiger partial charge on any atom is -0.378 e. The van der Waals surface area contributed by atoms with Crippen molar-refractivity contribution in [3.63, 3.8) is 0 Å². The lowest BCUT2D eigenvalue weighted by Gasteiger charge is -2.40. The Bertz CT molecular complexity index is 331. The van der Waals surface area contributed by atoms with Crippen LogP contribution >= 0.6 is 0 Å². The summed E-state index contributed by atoms with van der Waals surface area (Å²) in [5.41, 5.74) is 1.76. The van der Waals surface area contributed by atoms with Crippen molar-refractivity contribution in [3.05, 3.63) is 35.9 Å². The summed E-state index contributed by atoms with van der Waals surface area (Å²) in [7, 11) is 0. The van der Waals surface area contributed by atoms with E-state index in [1.165, 1.54) is 5.56 Å². The van der Waals surface area contributed by atoms with Gasteiger partial charge in [-0.15, -0.1) is 0 Å². The fourth-order valence-electron chi connectivity index (χ4n) is 2.57. The highest BCUT2D eigenvalue weighted by Crippen LogP contribution is 2.38. The monoisotopic (exact) mass is 218 g/mol. The number of benzene rings is 1. The summed E-state index contributed by atoms with van der Waals surface area (Å²) in [6, 6.07) is 10.9. The number of rotatable bonds is 2. The first-order valence-corrected chi connectivity index (χ1v) is 6.29. The van der Waals surface area contributed by atoms with E-state index in [9.17, 15) is 0 Å². The van der Waals surface area contributed by atoms with Crippen LogP contribution in [0, 0.1) is 5.92 Å². The molecule has 1 nitrogen and oxygen atoms in total. The van der Waals surface area contributed by atoms with Crippen LogP contribution in [0.2, 0.25) is 0 Å². The molecule has 0 bridgehead atoms. The summed E-state index contributed by atoms with van der Waals surface area (Å²) in [6.07, 6.45) is 2.70. The van der Waals surface area contributed by atoms with Crippen LogP contribution in [0.15, 0.2) is 30.3 Å². The largest absolute Gasteiger partial charge is 0.378 e. The smallest absolute Gasteiger partial charge is 0.0606 e. The molecule has 0 aromatic heterocycles. The van der Waals surface area contributed by atoms with Crippen molar-refractivity contribution in [1.29, 1.82) is 0 Å². The molecular weight excluding hydrogens is 196 g/mol. The fraction of sp³-hybridized carbons (Fsp3) is 0.600. The van der Waals surface area contributed by atoms with Crippen LogP contribution in [0.1, 0.15) is 39.2 Å². The second-order valence-electron chi connectivity index (χ2n) is 5.53. The molecule has 1 aromatic carbocycles. The topological polar surface area (TPSA) is 9.23 Å². The minimum atomic E-state index is 0.300. The van der Waals surface area contributed by atoms with E-state index in [1.807, 2.05) is 0 Å². The molecule has 1 heterocycles. The van der Waals surface area contributed by atoms with Crippen molar-refractivity contribution in [2.24, 2.45) is 5.92 Å². The summed E-state index contributed by atoms with van der Waals surface area (Å²) >= 11 is 0. The van der Waals surface area contributed by atoms with Gasteiger partial charge in [-0.2, -0.15) is 0 Å². The van der Waals surface area contributed by atoms with Crippen LogP contribution in [0.4, 0.5) is 0 Å². The molecule has 0 spiro atoms. The summed E-state index contributed by atoms with van der Waals surface area (Å²) in [5.74, 6) is 0.614. The van der Waals surface area contributed by atoms with E-state index in [-0.39, 0.29) is 0 Å². The Morgan fingerprint density at radius 2 is 1.94 bits per heavy atom. The summed E-state index contributed by atoms with van der Waals surface area (Å²) in [5, 5.41) is 0. The van der Waals surface area contributed by atoms with E-state index in [0.717, 1.165) is 19.4 Å². The van der Waals surface area contributed by atoms with Crippen LogP contribution < -0.4 is 0 Å². The lowest BCUT2D eigenvalue weighted by atomic mass is 9.72. The van der Waals surface area contributed by atoms with Gasteiger partial charge >= 0.3 is 0 Å². The summed E-state index contributed by atoms with van der Waals surface area (Å²) in [4.78, 5) is 0. The van der Waals surface area contributed by atoms with Gasteiger partial charge in [-0.3, -0.25) is 0 Å². The highest BCUT2D eigenvalue weighted by Gasteiger charge is 2.35. The molecule has 1 saturated heterocycles. The predicted molar refractivity (Wildman–Crippen MR) is 67.6 cm³/mol. The Labute approximate surface area is 98.8 Å². The molecule has 2 rings (SSSR count). The molecule has 1 fully saturated rings. The molecule has 88 valence electrons. The van der Waals surface area contributed by atoms with Gasteiger partial charge in [0.15, 0.2) is 0 Å². The molecule has 0 aliphatic carbocycles. The number of ether oxygens (including phenoxy) is 1. The van der Waals surface area contributed by atoms with Crippen LogP contribution in [0.5, 0.6) is 0 Å². The van der Waals surface area contributed by atoms with E-state index < -0.39 is 0 Å². The SMILES string of the molecule is CC(C)C1CC(C)(c2ccccc2)CCO1. The first kappa shape index (κ1) is 11.7. The van der Waals surface area contributed by atoms with Crippen molar-refractivity contribution in [3.8, 4) is 0 Å². The predicted octanol–water partition coefficient (Wildman–Crippen LogP) is 3.78. The maximum atomic E-state index is 5.86. The highest BCUT2D eigenvalue weighted by atomic mass is 16.5. The van der Waals surface area contributed by atoms with Crippen molar-refractivity contribution >= 4 is 0 Å². The molecule has 16 heavy (non-hydrogen) atoms. The Hall–Kier alpha value is -0.820. The Balaban J connectivity index is 2.19. The van der Waals surface area contributed by atoms with Gasteiger partial charge in [0.25, 0.3) is 0 Å². The first-order chi connectivity index (χ1) is 7.62. The number of hydrogen-bond donors (Lipinski definition) is 0. The van der Waals surface area contributed by atoms with E-state index in [1.54, 1.807) is 0 Å².